The molecule has 3 nitrogen and oxygen atoms in total. The quantitative estimate of drug-likeness (QED) is 0.144. The monoisotopic (exact) mass is 880 g/mol. The number of nitrogens with zero attached hydrogens (tertiary/aromatic N) is 2. The van der Waals surface area contributed by atoms with Crippen LogP contribution in [0.2, 0.25) is 0 Å². The Labute approximate surface area is 401 Å². The van der Waals surface area contributed by atoms with Gasteiger partial charge in [-0.25, -0.2) is 0 Å². The van der Waals surface area contributed by atoms with E-state index in [0.29, 0.717) is 0 Å². The fraction of sp³-hybridized carbons (Fsp3) is 0. The van der Waals surface area contributed by atoms with Crippen LogP contribution in [0.4, 0.5) is 17.1 Å². The largest absolute Gasteiger partial charge is 0.455 e. The maximum atomic E-state index is 6.64. The van der Waals surface area contributed by atoms with Gasteiger partial charge in [-0.1, -0.05) is 206 Å². The molecule has 0 N–H and O–H groups in total. The summed E-state index contributed by atoms with van der Waals surface area (Å²) in [5.74, 6) is 0. The van der Waals surface area contributed by atoms with Crippen LogP contribution >= 0.6 is 0 Å². The second-order valence-electron chi connectivity index (χ2n) is 17.6. The highest BCUT2D eigenvalue weighted by Crippen LogP contribution is 2.45. The highest BCUT2D eigenvalue weighted by molar-refractivity contribution is 6.11. The molecule has 0 atom stereocenters. The van der Waals surface area contributed by atoms with Crippen LogP contribution < -0.4 is 4.90 Å². The number of rotatable bonds is 9. The van der Waals surface area contributed by atoms with Crippen molar-refractivity contribution in [1.82, 2.24) is 4.57 Å². The Balaban J connectivity index is 0.899. The molecule has 0 radical (unpaired) electrons. The summed E-state index contributed by atoms with van der Waals surface area (Å²) >= 11 is 0. The van der Waals surface area contributed by atoms with E-state index in [1.54, 1.807) is 0 Å². The van der Waals surface area contributed by atoms with Gasteiger partial charge >= 0.3 is 0 Å². The molecule has 0 spiro atoms. The van der Waals surface area contributed by atoms with Crippen LogP contribution in [0.15, 0.2) is 271 Å². The standard InChI is InChI=1S/C66H44N2O/c1-2-16-45(17-3-1)46-32-34-47(35-33-46)48-36-40-52(41-37-48)67(62-28-10-7-23-57(62)59-25-15-26-60-58-24-8-13-31-65(58)69-66(59)60)53-42-38-49(39-43-53)50-18-14-19-51(44-50)54-20-4-9-27-61(54)68-63-29-11-5-21-55(63)56-22-6-12-30-64(56)68/h1-44H. The SMILES string of the molecule is c1ccc(-c2ccc(-c3ccc(N(c4ccc(-c5cccc(-c6ccccc6-n6c7ccccc7c7ccccc76)c5)cc4)c4ccccc4-c4cccc5c4oc4ccccc45)cc3)cc2)cc1. The zero-order valence-electron chi connectivity index (χ0n) is 37.7. The first-order chi connectivity index (χ1) is 34.2. The zero-order chi connectivity index (χ0) is 45.7. The lowest BCUT2D eigenvalue weighted by atomic mass is 9.97. The summed E-state index contributed by atoms with van der Waals surface area (Å²) in [6.45, 7) is 0. The molecule has 0 amide bonds. The highest BCUT2D eigenvalue weighted by atomic mass is 16.3. The lowest BCUT2D eigenvalue weighted by Crippen LogP contribution is -2.11. The van der Waals surface area contributed by atoms with Crippen molar-refractivity contribution in [3.8, 4) is 61.3 Å². The Hall–Kier alpha value is -9.18. The highest BCUT2D eigenvalue weighted by Gasteiger charge is 2.21. The molecule has 0 fully saturated rings. The molecule has 0 saturated heterocycles. The Morgan fingerprint density at radius 3 is 1.42 bits per heavy atom. The summed E-state index contributed by atoms with van der Waals surface area (Å²) in [4.78, 5) is 2.38. The molecule has 11 aromatic carbocycles. The normalized spacial score (nSPS) is 11.5. The fourth-order valence-electron chi connectivity index (χ4n) is 10.3. The summed E-state index contributed by atoms with van der Waals surface area (Å²) < 4.78 is 9.05. The lowest BCUT2D eigenvalue weighted by molar-refractivity contribution is 0.670. The van der Waals surface area contributed by atoms with Crippen LogP contribution in [0, 0.1) is 0 Å². The van der Waals surface area contributed by atoms with Gasteiger partial charge in [0.2, 0.25) is 0 Å². The van der Waals surface area contributed by atoms with E-state index >= 15 is 0 Å². The number of hydrogen-bond acceptors (Lipinski definition) is 2. The summed E-state index contributed by atoms with van der Waals surface area (Å²) in [6, 6.07) is 96.0. The van der Waals surface area contributed by atoms with E-state index < -0.39 is 0 Å². The van der Waals surface area contributed by atoms with Gasteiger partial charge in [0.15, 0.2) is 0 Å². The number of hydrogen-bond donors (Lipinski definition) is 0. The van der Waals surface area contributed by atoms with Gasteiger partial charge in [-0.05, 0) is 99.6 Å². The molecule has 0 aliphatic heterocycles. The molecule has 324 valence electrons. The van der Waals surface area contributed by atoms with E-state index in [0.717, 1.165) is 72.5 Å². The van der Waals surface area contributed by atoms with Crippen LogP contribution in [0.25, 0.3) is 105 Å². The minimum atomic E-state index is 0.885. The van der Waals surface area contributed by atoms with Crippen molar-refractivity contribution in [3.05, 3.63) is 267 Å². The Bertz CT molecular complexity index is 3940. The van der Waals surface area contributed by atoms with Gasteiger partial charge in [-0.3, -0.25) is 0 Å². The van der Waals surface area contributed by atoms with Crippen LogP contribution in [-0.4, -0.2) is 4.57 Å². The van der Waals surface area contributed by atoms with Crippen molar-refractivity contribution in [1.29, 1.82) is 0 Å². The predicted molar refractivity (Wildman–Crippen MR) is 290 cm³/mol. The first kappa shape index (κ1) is 40.1. The number of para-hydroxylation sites is 6. The number of anilines is 3. The van der Waals surface area contributed by atoms with Gasteiger partial charge in [0.1, 0.15) is 11.2 Å². The lowest BCUT2D eigenvalue weighted by Gasteiger charge is -2.28. The molecular weight excluding hydrogens is 837 g/mol. The fourth-order valence-corrected chi connectivity index (χ4v) is 10.3. The van der Waals surface area contributed by atoms with Crippen molar-refractivity contribution in [2.45, 2.75) is 0 Å². The Kier molecular flexibility index (Phi) is 9.84. The Morgan fingerprint density at radius 2 is 0.739 bits per heavy atom. The molecule has 3 heteroatoms. The van der Waals surface area contributed by atoms with Gasteiger partial charge < -0.3 is 13.9 Å². The van der Waals surface area contributed by atoms with Crippen molar-refractivity contribution in [2.75, 3.05) is 4.90 Å². The number of fused-ring (bicyclic) bond motifs is 6. The van der Waals surface area contributed by atoms with Gasteiger partial charge in [0, 0.05) is 49.6 Å². The maximum Gasteiger partial charge on any atom is 0.143 e. The molecule has 0 aliphatic rings. The van der Waals surface area contributed by atoms with Crippen LogP contribution in [0.1, 0.15) is 0 Å². The van der Waals surface area contributed by atoms with Gasteiger partial charge in [0.05, 0.1) is 22.4 Å². The van der Waals surface area contributed by atoms with E-state index in [4.69, 9.17) is 4.42 Å². The number of furan rings is 1. The molecule has 13 rings (SSSR count). The van der Waals surface area contributed by atoms with Gasteiger partial charge in [0.25, 0.3) is 0 Å². The molecule has 0 aliphatic carbocycles. The van der Waals surface area contributed by atoms with E-state index in [-0.39, 0.29) is 0 Å². The molecular formula is C66H44N2O. The first-order valence-corrected chi connectivity index (χ1v) is 23.6. The second-order valence-corrected chi connectivity index (χ2v) is 17.6. The molecule has 2 heterocycles. The number of aromatic nitrogens is 1. The van der Waals surface area contributed by atoms with Crippen LogP contribution in [0.5, 0.6) is 0 Å². The molecule has 0 unspecified atom stereocenters. The average Bonchev–Trinajstić information content (AvgIpc) is 3.98. The third-order valence-corrected chi connectivity index (χ3v) is 13.6. The summed E-state index contributed by atoms with van der Waals surface area (Å²) in [6.07, 6.45) is 0. The van der Waals surface area contributed by atoms with Crippen LogP contribution in [-0.2, 0) is 0 Å². The van der Waals surface area contributed by atoms with E-state index in [1.807, 2.05) is 6.07 Å². The van der Waals surface area contributed by atoms with Crippen molar-refractivity contribution in [3.63, 3.8) is 0 Å². The Morgan fingerprint density at radius 1 is 0.290 bits per heavy atom. The third-order valence-electron chi connectivity index (χ3n) is 13.6. The molecule has 0 bridgehead atoms. The van der Waals surface area contributed by atoms with Crippen molar-refractivity contribution < 1.29 is 4.42 Å². The third kappa shape index (κ3) is 7.08. The van der Waals surface area contributed by atoms with E-state index in [9.17, 15) is 0 Å². The second kappa shape index (κ2) is 16.9. The average molecular weight is 881 g/mol. The van der Waals surface area contributed by atoms with Gasteiger partial charge in [-0.2, -0.15) is 0 Å². The van der Waals surface area contributed by atoms with Gasteiger partial charge in [-0.15, -0.1) is 0 Å². The molecule has 0 saturated carbocycles. The van der Waals surface area contributed by atoms with Crippen LogP contribution in [0.3, 0.4) is 0 Å². The zero-order valence-corrected chi connectivity index (χ0v) is 37.7. The first-order valence-electron chi connectivity index (χ1n) is 23.6. The van der Waals surface area contributed by atoms with E-state index in [2.05, 4.69) is 270 Å². The number of benzene rings is 11. The molecule has 2 aromatic heterocycles. The smallest absolute Gasteiger partial charge is 0.143 e. The van der Waals surface area contributed by atoms with E-state index in [1.165, 1.54) is 49.6 Å². The minimum Gasteiger partial charge on any atom is -0.455 e. The maximum absolute atomic E-state index is 6.64. The molecule has 69 heavy (non-hydrogen) atoms. The minimum absolute atomic E-state index is 0.885. The summed E-state index contributed by atoms with van der Waals surface area (Å²) in [5, 5.41) is 4.73. The molecule has 13 aromatic rings. The van der Waals surface area contributed by atoms with Crippen molar-refractivity contribution in [2.24, 2.45) is 0 Å². The summed E-state index contributed by atoms with van der Waals surface area (Å²) in [5.41, 5.74) is 20.0. The topological polar surface area (TPSA) is 21.3 Å². The van der Waals surface area contributed by atoms with Crippen molar-refractivity contribution >= 4 is 60.8 Å². The summed E-state index contributed by atoms with van der Waals surface area (Å²) in [7, 11) is 0. The predicted octanol–water partition coefficient (Wildman–Crippen LogP) is 18.5.